The van der Waals surface area contributed by atoms with Crippen molar-refractivity contribution >= 4 is 11.8 Å². The molecule has 1 saturated carbocycles. The Hall–Kier alpha value is -0.470. The lowest BCUT2D eigenvalue weighted by atomic mass is 9.79. The van der Waals surface area contributed by atoms with E-state index in [1.54, 1.807) is 0 Å². The van der Waals surface area contributed by atoms with E-state index < -0.39 is 0 Å². The van der Waals surface area contributed by atoms with Crippen LogP contribution in [-0.4, -0.2) is 18.3 Å². The summed E-state index contributed by atoms with van der Waals surface area (Å²) in [5.41, 5.74) is 1.35. The third-order valence-corrected chi connectivity index (χ3v) is 5.68. The molecule has 0 spiro atoms. The molecule has 2 heteroatoms. The van der Waals surface area contributed by atoms with Crippen LogP contribution in [0.2, 0.25) is 0 Å². The first-order valence-corrected chi connectivity index (χ1v) is 9.10. The lowest BCUT2D eigenvalue weighted by Crippen LogP contribution is -2.39. The topological polar surface area (TPSA) is 12.0 Å². The van der Waals surface area contributed by atoms with Crippen molar-refractivity contribution in [2.24, 2.45) is 11.8 Å². The highest BCUT2D eigenvalue weighted by Gasteiger charge is 2.25. The molecule has 0 heterocycles. The van der Waals surface area contributed by atoms with Crippen LogP contribution in [0.4, 0.5) is 0 Å². The van der Waals surface area contributed by atoms with Gasteiger partial charge in [0.1, 0.15) is 0 Å². The molecule has 1 N–H and O–H groups in total. The maximum Gasteiger partial charge on any atom is 0.0189 e. The maximum atomic E-state index is 3.73. The van der Waals surface area contributed by atoms with Crippen molar-refractivity contribution in [2.45, 2.75) is 57.4 Å². The molecule has 1 aromatic rings. The molecule has 0 bridgehead atoms. The van der Waals surface area contributed by atoms with Gasteiger partial charge in [-0.05, 0) is 50.3 Å². The second-order valence-corrected chi connectivity index (χ2v) is 7.40. The Labute approximate surface area is 128 Å². The van der Waals surface area contributed by atoms with Crippen molar-refractivity contribution < 1.29 is 0 Å². The molecule has 0 saturated heterocycles. The molecule has 0 aromatic heterocycles. The zero-order valence-corrected chi connectivity index (χ0v) is 14.0. The summed E-state index contributed by atoms with van der Waals surface area (Å²) >= 11 is 2.01. The van der Waals surface area contributed by atoms with Gasteiger partial charge in [-0.2, -0.15) is 0 Å². The number of rotatable bonds is 6. The van der Waals surface area contributed by atoms with Crippen LogP contribution in [0.3, 0.4) is 0 Å². The number of thioether (sulfide) groups is 1. The van der Waals surface area contributed by atoms with E-state index in [0.29, 0.717) is 6.04 Å². The number of benzene rings is 1. The molecular weight excluding hydrogens is 262 g/mol. The van der Waals surface area contributed by atoms with Gasteiger partial charge in [-0.1, -0.05) is 44.4 Å². The molecule has 0 amide bonds. The van der Waals surface area contributed by atoms with E-state index >= 15 is 0 Å². The minimum absolute atomic E-state index is 0.679. The van der Waals surface area contributed by atoms with Crippen molar-refractivity contribution in [1.82, 2.24) is 5.32 Å². The Balaban J connectivity index is 1.87. The van der Waals surface area contributed by atoms with E-state index in [2.05, 4.69) is 50.4 Å². The monoisotopic (exact) mass is 291 g/mol. The van der Waals surface area contributed by atoms with E-state index in [1.807, 2.05) is 11.8 Å². The summed E-state index contributed by atoms with van der Waals surface area (Å²) in [6.07, 6.45) is 5.66. The van der Waals surface area contributed by atoms with Crippen LogP contribution in [-0.2, 0) is 0 Å². The average molecular weight is 292 g/mol. The molecule has 1 nitrogen and oxygen atoms in total. The van der Waals surface area contributed by atoms with Gasteiger partial charge in [0.25, 0.3) is 0 Å². The van der Waals surface area contributed by atoms with Crippen LogP contribution in [0.1, 0.15) is 45.1 Å². The van der Waals surface area contributed by atoms with E-state index in [4.69, 9.17) is 0 Å². The summed E-state index contributed by atoms with van der Waals surface area (Å²) in [5, 5.41) is 3.73. The molecule has 112 valence electrons. The smallest absolute Gasteiger partial charge is 0.0189 e. The van der Waals surface area contributed by atoms with Gasteiger partial charge in [-0.3, -0.25) is 0 Å². The summed E-state index contributed by atoms with van der Waals surface area (Å²) in [6, 6.07) is 9.62. The number of hydrogen-bond donors (Lipinski definition) is 1. The van der Waals surface area contributed by atoms with Gasteiger partial charge in [0.15, 0.2) is 0 Å². The molecule has 1 aliphatic rings. The van der Waals surface area contributed by atoms with Gasteiger partial charge in [-0.25, -0.2) is 0 Å². The Morgan fingerprint density at radius 2 is 1.80 bits per heavy atom. The number of hydrogen-bond acceptors (Lipinski definition) is 2. The third kappa shape index (κ3) is 4.82. The quantitative estimate of drug-likeness (QED) is 0.749. The van der Waals surface area contributed by atoms with Crippen LogP contribution in [0, 0.1) is 18.8 Å². The highest BCUT2D eigenvalue weighted by Crippen LogP contribution is 2.32. The summed E-state index contributed by atoms with van der Waals surface area (Å²) in [6.45, 7) is 7.87. The van der Waals surface area contributed by atoms with E-state index in [-0.39, 0.29) is 0 Å². The highest BCUT2D eigenvalue weighted by molar-refractivity contribution is 7.99. The van der Waals surface area contributed by atoms with Gasteiger partial charge < -0.3 is 5.32 Å². The molecule has 1 unspecified atom stereocenters. The maximum absolute atomic E-state index is 3.73. The second kappa shape index (κ2) is 8.09. The molecule has 0 aliphatic heterocycles. The first-order valence-electron chi connectivity index (χ1n) is 8.12. The first-order chi connectivity index (χ1) is 9.69. The minimum Gasteiger partial charge on any atom is -0.313 e. The fraction of sp³-hybridized carbons (Fsp3) is 0.667. The van der Waals surface area contributed by atoms with Crippen molar-refractivity contribution in [3.05, 3.63) is 29.8 Å². The summed E-state index contributed by atoms with van der Waals surface area (Å²) in [7, 11) is 0. The normalized spacial score (nSPS) is 24.6. The molecule has 20 heavy (non-hydrogen) atoms. The Morgan fingerprint density at radius 3 is 2.40 bits per heavy atom. The van der Waals surface area contributed by atoms with Crippen LogP contribution in [0.15, 0.2) is 29.2 Å². The van der Waals surface area contributed by atoms with Crippen LogP contribution in [0.5, 0.6) is 0 Å². The predicted molar refractivity (Wildman–Crippen MR) is 90.5 cm³/mol. The van der Waals surface area contributed by atoms with Crippen LogP contribution >= 0.6 is 11.8 Å². The second-order valence-electron chi connectivity index (χ2n) is 6.31. The first kappa shape index (κ1) is 15.9. The Kier molecular flexibility index (Phi) is 6.44. The van der Waals surface area contributed by atoms with Crippen molar-refractivity contribution in [3.63, 3.8) is 0 Å². The SMILES string of the molecule is CCNC(CSc1ccc(C)cc1)C1CCC(C)CC1. The zero-order chi connectivity index (χ0) is 14.4. The van der Waals surface area contributed by atoms with Crippen LogP contribution < -0.4 is 5.32 Å². The van der Waals surface area contributed by atoms with E-state index in [0.717, 1.165) is 18.4 Å². The fourth-order valence-electron chi connectivity index (χ4n) is 3.13. The molecule has 1 atom stereocenters. The fourth-order valence-corrected chi connectivity index (χ4v) is 4.22. The zero-order valence-electron chi connectivity index (χ0n) is 13.2. The number of aryl methyl sites for hydroxylation is 1. The Morgan fingerprint density at radius 1 is 1.15 bits per heavy atom. The summed E-state index contributed by atoms with van der Waals surface area (Å²) in [5.74, 6) is 3.03. The van der Waals surface area contributed by atoms with Gasteiger partial charge >= 0.3 is 0 Å². The van der Waals surface area contributed by atoms with E-state index in [1.165, 1.54) is 41.9 Å². The predicted octanol–water partition coefficient (Wildman–Crippen LogP) is 4.89. The summed E-state index contributed by atoms with van der Waals surface area (Å²) < 4.78 is 0. The minimum atomic E-state index is 0.679. The summed E-state index contributed by atoms with van der Waals surface area (Å²) in [4.78, 5) is 1.41. The molecule has 1 fully saturated rings. The third-order valence-electron chi connectivity index (χ3n) is 4.55. The molecule has 1 aromatic carbocycles. The molecule has 0 radical (unpaired) electrons. The van der Waals surface area contributed by atoms with Crippen molar-refractivity contribution in [2.75, 3.05) is 12.3 Å². The lowest BCUT2D eigenvalue weighted by Gasteiger charge is -2.33. The van der Waals surface area contributed by atoms with Crippen molar-refractivity contribution in [3.8, 4) is 0 Å². The lowest BCUT2D eigenvalue weighted by molar-refractivity contribution is 0.243. The van der Waals surface area contributed by atoms with Gasteiger partial charge in [0.05, 0.1) is 0 Å². The van der Waals surface area contributed by atoms with Crippen LogP contribution in [0.25, 0.3) is 0 Å². The number of nitrogens with one attached hydrogen (secondary N) is 1. The van der Waals surface area contributed by atoms with E-state index in [9.17, 15) is 0 Å². The average Bonchev–Trinajstić information content (AvgIpc) is 2.46. The molecule has 2 rings (SSSR count). The molecular formula is C18H29NS. The Bertz CT molecular complexity index is 379. The van der Waals surface area contributed by atoms with Gasteiger partial charge in [-0.15, -0.1) is 11.8 Å². The largest absolute Gasteiger partial charge is 0.313 e. The standard InChI is InChI=1S/C18H29NS/c1-4-19-18(16-9-5-14(2)6-10-16)13-20-17-11-7-15(3)8-12-17/h7-8,11-12,14,16,18-19H,4-6,9-10,13H2,1-3H3. The van der Waals surface area contributed by atoms with Crippen molar-refractivity contribution in [1.29, 1.82) is 0 Å². The van der Waals surface area contributed by atoms with Gasteiger partial charge in [0.2, 0.25) is 0 Å². The van der Waals surface area contributed by atoms with Gasteiger partial charge in [0, 0.05) is 16.7 Å². The highest BCUT2D eigenvalue weighted by atomic mass is 32.2. The molecule has 1 aliphatic carbocycles.